The molecule has 0 bridgehead atoms. The monoisotopic (exact) mass is 411 g/mol. The van der Waals surface area contributed by atoms with Crippen LogP contribution in [0.1, 0.15) is 32.6 Å². The normalized spacial score (nSPS) is 18.0. The smallest absolute Gasteiger partial charge is 0.224 e. The summed E-state index contributed by atoms with van der Waals surface area (Å²) in [6.45, 7) is 5.88. The topological polar surface area (TPSA) is 88.6 Å². The molecule has 1 atom stereocenters. The number of aromatic nitrogens is 2. The first-order valence-corrected chi connectivity index (χ1v) is 10.7. The van der Waals surface area contributed by atoms with Gasteiger partial charge in [0.25, 0.3) is 0 Å². The van der Waals surface area contributed by atoms with E-state index in [2.05, 4.69) is 32.4 Å². The number of fused-ring (bicyclic) bond motifs is 1. The van der Waals surface area contributed by atoms with E-state index in [0.29, 0.717) is 31.3 Å². The van der Waals surface area contributed by atoms with Gasteiger partial charge in [-0.3, -0.25) is 4.79 Å². The maximum absolute atomic E-state index is 12.5. The molecule has 2 aromatic rings. The Kier molecular flexibility index (Phi) is 6.51. The van der Waals surface area contributed by atoms with Crippen molar-refractivity contribution in [1.82, 2.24) is 9.97 Å². The fourth-order valence-electron chi connectivity index (χ4n) is 3.99. The van der Waals surface area contributed by atoms with Crippen LogP contribution in [0.2, 0.25) is 0 Å². The second-order valence-electron chi connectivity index (χ2n) is 7.69. The molecule has 8 nitrogen and oxygen atoms in total. The molecule has 1 aromatic carbocycles. The van der Waals surface area contributed by atoms with Crippen LogP contribution >= 0.6 is 0 Å². The summed E-state index contributed by atoms with van der Waals surface area (Å²) < 4.78 is 11.1. The molecule has 2 N–H and O–H groups in total. The van der Waals surface area contributed by atoms with Gasteiger partial charge in [-0.15, -0.1) is 0 Å². The van der Waals surface area contributed by atoms with E-state index in [-0.39, 0.29) is 5.91 Å². The number of hydrogen-bond acceptors (Lipinski definition) is 7. The first-order valence-electron chi connectivity index (χ1n) is 10.7. The molecule has 1 saturated heterocycles. The minimum Gasteiger partial charge on any atom is -0.486 e. The third kappa shape index (κ3) is 5.11. The Morgan fingerprint density at radius 2 is 2.07 bits per heavy atom. The molecular formula is C22H29N5O3. The zero-order valence-electron chi connectivity index (χ0n) is 17.4. The number of nitrogens with one attached hydrogen (secondary N) is 2. The molecule has 30 heavy (non-hydrogen) atoms. The lowest BCUT2D eigenvalue weighted by atomic mass is 9.93. The Balaban J connectivity index is 1.28. The van der Waals surface area contributed by atoms with Crippen LogP contribution in [0.25, 0.3) is 0 Å². The van der Waals surface area contributed by atoms with Gasteiger partial charge in [0.2, 0.25) is 5.91 Å². The number of carbonyl (C=O) groups excluding carboxylic acids is 1. The predicted octanol–water partition coefficient (Wildman–Crippen LogP) is 3.31. The first kappa shape index (κ1) is 20.3. The molecule has 8 heteroatoms. The Labute approximate surface area is 177 Å². The third-order valence-electron chi connectivity index (χ3n) is 5.46. The highest BCUT2D eigenvalue weighted by molar-refractivity contribution is 5.91. The van der Waals surface area contributed by atoms with Crippen molar-refractivity contribution in [2.75, 3.05) is 48.4 Å². The molecular weight excluding hydrogens is 382 g/mol. The minimum absolute atomic E-state index is 0.0280. The molecule has 0 aliphatic carbocycles. The summed E-state index contributed by atoms with van der Waals surface area (Å²) in [7, 11) is 0. The van der Waals surface area contributed by atoms with Crippen molar-refractivity contribution in [2.45, 2.75) is 32.6 Å². The molecule has 3 heterocycles. The summed E-state index contributed by atoms with van der Waals surface area (Å²) in [5.74, 6) is 3.71. The molecule has 0 saturated carbocycles. The Morgan fingerprint density at radius 1 is 1.20 bits per heavy atom. The van der Waals surface area contributed by atoms with Crippen molar-refractivity contribution in [3.63, 3.8) is 0 Å². The lowest BCUT2D eigenvalue weighted by Crippen LogP contribution is -2.36. The van der Waals surface area contributed by atoms with Gasteiger partial charge in [-0.1, -0.05) is 0 Å². The van der Waals surface area contributed by atoms with E-state index >= 15 is 0 Å². The van der Waals surface area contributed by atoms with Crippen LogP contribution in [-0.4, -0.2) is 48.7 Å². The second kappa shape index (κ2) is 9.65. The van der Waals surface area contributed by atoms with Crippen LogP contribution in [-0.2, 0) is 4.79 Å². The zero-order chi connectivity index (χ0) is 20.8. The van der Waals surface area contributed by atoms with Crippen LogP contribution in [0.15, 0.2) is 30.6 Å². The van der Waals surface area contributed by atoms with Crippen LogP contribution < -0.4 is 25.0 Å². The molecule has 0 radical (unpaired) electrons. The van der Waals surface area contributed by atoms with Gasteiger partial charge < -0.3 is 25.0 Å². The number of amides is 1. The summed E-state index contributed by atoms with van der Waals surface area (Å²) >= 11 is 0. The highest BCUT2D eigenvalue weighted by atomic mass is 16.6. The summed E-state index contributed by atoms with van der Waals surface area (Å²) in [5.41, 5.74) is 0.742. The molecule has 0 spiro atoms. The average molecular weight is 412 g/mol. The number of ether oxygens (including phenoxy) is 2. The summed E-state index contributed by atoms with van der Waals surface area (Å²) in [6.07, 6.45) is 5.21. The van der Waals surface area contributed by atoms with Crippen LogP contribution in [0.5, 0.6) is 11.5 Å². The third-order valence-corrected chi connectivity index (χ3v) is 5.46. The number of anilines is 3. The van der Waals surface area contributed by atoms with Crippen molar-refractivity contribution in [3.05, 3.63) is 30.6 Å². The van der Waals surface area contributed by atoms with Crippen molar-refractivity contribution in [3.8, 4) is 11.5 Å². The number of rotatable bonds is 7. The van der Waals surface area contributed by atoms with Gasteiger partial charge >= 0.3 is 0 Å². The first-order chi connectivity index (χ1) is 14.7. The van der Waals surface area contributed by atoms with Crippen LogP contribution in [0.3, 0.4) is 0 Å². The van der Waals surface area contributed by atoms with E-state index in [1.807, 2.05) is 24.3 Å². The van der Waals surface area contributed by atoms with Crippen LogP contribution in [0, 0.1) is 5.92 Å². The van der Waals surface area contributed by atoms with E-state index < -0.39 is 0 Å². The summed E-state index contributed by atoms with van der Waals surface area (Å²) in [4.78, 5) is 23.5. The lowest BCUT2D eigenvalue weighted by Gasteiger charge is -2.33. The molecule has 160 valence electrons. The predicted molar refractivity (Wildman–Crippen MR) is 116 cm³/mol. The summed E-state index contributed by atoms with van der Waals surface area (Å²) in [6, 6.07) is 7.52. The highest BCUT2D eigenvalue weighted by Crippen LogP contribution is 2.33. The quantitative estimate of drug-likeness (QED) is 0.722. The van der Waals surface area contributed by atoms with Gasteiger partial charge in [-0.2, -0.15) is 0 Å². The van der Waals surface area contributed by atoms with Crippen molar-refractivity contribution in [1.29, 1.82) is 0 Å². The Bertz CT molecular complexity index is 876. The fraction of sp³-hybridized carbons (Fsp3) is 0.500. The molecule has 4 rings (SSSR count). The Morgan fingerprint density at radius 3 is 2.93 bits per heavy atom. The lowest BCUT2D eigenvalue weighted by molar-refractivity contribution is -0.116. The van der Waals surface area contributed by atoms with Gasteiger partial charge in [0, 0.05) is 43.9 Å². The number of benzene rings is 1. The van der Waals surface area contributed by atoms with Gasteiger partial charge in [-0.25, -0.2) is 9.97 Å². The van der Waals surface area contributed by atoms with Gasteiger partial charge in [0.15, 0.2) is 11.5 Å². The SMILES string of the molecule is CCNc1cc(N2CCCC(CCC(=O)Nc3ccc4c(c3)OCCO4)C2)ncn1. The minimum atomic E-state index is 0.0280. The van der Waals surface area contributed by atoms with E-state index in [9.17, 15) is 4.79 Å². The number of nitrogens with zero attached hydrogens (tertiary/aromatic N) is 3. The fourth-order valence-corrected chi connectivity index (χ4v) is 3.99. The molecule has 1 amide bonds. The molecule has 2 aliphatic heterocycles. The Hall–Kier alpha value is -3.03. The zero-order valence-corrected chi connectivity index (χ0v) is 17.4. The van der Waals surface area contributed by atoms with Gasteiger partial charge in [0.05, 0.1) is 0 Å². The van der Waals surface area contributed by atoms with Crippen molar-refractivity contribution < 1.29 is 14.3 Å². The second-order valence-corrected chi connectivity index (χ2v) is 7.69. The average Bonchev–Trinajstić information content (AvgIpc) is 2.78. The van der Waals surface area contributed by atoms with Gasteiger partial charge in [0.1, 0.15) is 31.2 Å². The standard InChI is InChI=1S/C22H29N5O3/c1-2-23-20-13-21(25-15-24-20)27-9-3-4-16(14-27)5-8-22(28)26-17-6-7-18-19(12-17)30-11-10-29-18/h6-7,12-13,15-16H,2-5,8-11,14H2,1H3,(H,26,28)(H,23,24,25). The van der Waals surface area contributed by atoms with E-state index in [0.717, 1.165) is 62.0 Å². The van der Waals surface area contributed by atoms with Crippen molar-refractivity contribution >= 4 is 23.2 Å². The largest absolute Gasteiger partial charge is 0.486 e. The van der Waals surface area contributed by atoms with Crippen molar-refractivity contribution in [2.24, 2.45) is 5.92 Å². The van der Waals surface area contributed by atoms with Crippen LogP contribution in [0.4, 0.5) is 17.3 Å². The summed E-state index contributed by atoms with van der Waals surface area (Å²) in [5, 5.41) is 6.21. The van der Waals surface area contributed by atoms with E-state index in [1.165, 1.54) is 0 Å². The molecule has 1 fully saturated rings. The molecule has 1 aromatic heterocycles. The molecule has 1 unspecified atom stereocenters. The van der Waals surface area contributed by atoms with E-state index in [4.69, 9.17) is 9.47 Å². The number of hydrogen-bond donors (Lipinski definition) is 2. The molecule has 2 aliphatic rings. The maximum atomic E-state index is 12.5. The van der Waals surface area contributed by atoms with Gasteiger partial charge in [-0.05, 0) is 44.2 Å². The highest BCUT2D eigenvalue weighted by Gasteiger charge is 2.22. The maximum Gasteiger partial charge on any atom is 0.224 e. The van der Waals surface area contributed by atoms with E-state index in [1.54, 1.807) is 6.33 Å². The number of carbonyl (C=O) groups is 1. The number of piperidine rings is 1.